The highest BCUT2D eigenvalue weighted by molar-refractivity contribution is 5.93. The lowest BCUT2D eigenvalue weighted by Gasteiger charge is -2.25. The number of benzene rings is 1. The first kappa shape index (κ1) is 18.8. The maximum absolute atomic E-state index is 12.6. The van der Waals surface area contributed by atoms with Gasteiger partial charge in [-0.15, -0.1) is 0 Å². The number of fused-ring (bicyclic) bond motifs is 1. The molecule has 0 radical (unpaired) electrons. The highest BCUT2D eigenvalue weighted by atomic mass is 16.2. The molecular weight excluding hydrogens is 340 g/mol. The third-order valence-electron chi connectivity index (χ3n) is 4.71. The molecule has 27 heavy (non-hydrogen) atoms. The van der Waals surface area contributed by atoms with Crippen LogP contribution in [-0.4, -0.2) is 40.8 Å². The van der Waals surface area contributed by atoms with Crippen LogP contribution in [0.15, 0.2) is 59.7 Å². The maximum Gasteiger partial charge on any atom is 0.270 e. The van der Waals surface area contributed by atoms with Gasteiger partial charge in [-0.2, -0.15) is 0 Å². The van der Waals surface area contributed by atoms with Gasteiger partial charge in [0.1, 0.15) is 11.2 Å². The largest absolute Gasteiger partial charge is 0.350 e. The average Bonchev–Trinajstić information content (AvgIpc) is 2.68. The molecule has 2 heterocycles. The molecule has 0 spiro atoms. The number of nitrogens with zero attached hydrogens (tertiary/aromatic N) is 3. The van der Waals surface area contributed by atoms with Gasteiger partial charge in [-0.1, -0.05) is 37.3 Å². The Labute approximate surface area is 158 Å². The minimum absolute atomic E-state index is 0.0102. The third kappa shape index (κ3) is 4.06. The molecule has 0 aliphatic rings. The molecule has 3 rings (SSSR count). The Hall–Kier alpha value is -2.99. The summed E-state index contributed by atoms with van der Waals surface area (Å²) >= 11 is 0. The van der Waals surface area contributed by atoms with Crippen molar-refractivity contribution < 1.29 is 4.79 Å². The fourth-order valence-corrected chi connectivity index (χ4v) is 3.04. The summed E-state index contributed by atoms with van der Waals surface area (Å²) in [5.41, 5.74) is 2.58. The molecule has 0 saturated carbocycles. The number of amides is 1. The van der Waals surface area contributed by atoms with Crippen LogP contribution in [0.25, 0.3) is 5.65 Å². The molecular formula is C21H24N4O2. The molecule has 2 aromatic heterocycles. The topological polar surface area (TPSA) is 66.7 Å². The van der Waals surface area contributed by atoms with Crippen molar-refractivity contribution in [2.45, 2.75) is 19.4 Å². The van der Waals surface area contributed by atoms with E-state index in [0.29, 0.717) is 12.2 Å². The Morgan fingerprint density at radius 2 is 1.93 bits per heavy atom. The summed E-state index contributed by atoms with van der Waals surface area (Å²) < 4.78 is 1.38. The molecule has 0 bridgehead atoms. The van der Waals surface area contributed by atoms with Crippen LogP contribution < -0.4 is 10.9 Å². The van der Waals surface area contributed by atoms with Gasteiger partial charge in [-0.05, 0) is 43.8 Å². The van der Waals surface area contributed by atoms with Gasteiger partial charge in [0.25, 0.3) is 11.5 Å². The fourth-order valence-electron chi connectivity index (χ4n) is 3.04. The van der Waals surface area contributed by atoms with E-state index in [-0.39, 0.29) is 17.2 Å². The Kier molecular flexibility index (Phi) is 5.66. The van der Waals surface area contributed by atoms with E-state index in [1.165, 1.54) is 16.2 Å². The molecule has 1 amide bonds. The van der Waals surface area contributed by atoms with Crippen molar-refractivity contribution in [1.82, 2.24) is 19.6 Å². The minimum Gasteiger partial charge on any atom is -0.350 e. The number of hydrogen-bond acceptors (Lipinski definition) is 4. The van der Waals surface area contributed by atoms with E-state index in [9.17, 15) is 9.59 Å². The van der Waals surface area contributed by atoms with Gasteiger partial charge in [0.05, 0.1) is 6.04 Å². The van der Waals surface area contributed by atoms with Crippen molar-refractivity contribution in [3.05, 3.63) is 81.9 Å². The second kappa shape index (κ2) is 8.14. The molecule has 0 fully saturated rings. The summed E-state index contributed by atoms with van der Waals surface area (Å²) in [6.45, 7) is 2.52. The number of carbonyl (C=O) groups is 1. The van der Waals surface area contributed by atoms with Crippen LogP contribution in [0.3, 0.4) is 0 Å². The van der Waals surface area contributed by atoms with Crippen LogP contribution in [-0.2, 0) is 6.42 Å². The van der Waals surface area contributed by atoms with Crippen molar-refractivity contribution in [2.24, 2.45) is 0 Å². The van der Waals surface area contributed by atoms with Crippen LogP contribution in [0.2, 0.25) is 0 Å². The summed E-state index contributed by atoms with van der Waals surface area (Å²) in [4.78, 5) is 31.4. The average molecular weight is 364 g/mol. The van der Waals surface area contributed by atoms with E-state index < -0.39 is 5.91 Å². The first-order valence-electron chi connectivity index (χ1n) is 9.01. The van der Waals surface area contributed by atoms with E-state index >= 15 is 0 Å². The zero-order chi connectivity index (χ0) is 19.4. The van der Waals surface area contributed by atoms with Crippen LogP contribution in [0.1, 0.15) is 34.5 Å². The van der Waals surface area contributed by atoms with Gasteiger partial charge in [0, 0.05) is 18.9 Å². The highest BCUT2D eigenvalue weighted by Crippen LogP contribution is 2.18. The number of nitrogens with one attached hydrogen (secondary N) is 1. The summed E-state index contributed by atoms with van der Waals surface area (Å²) in [6, 6.07) is 13.7. The number of aromatic nitrogens is 2. The van der Waals surface area contributed by atoms with E-state index in [1.807, 2.05) is 19.0 Å². The fraction of sp³-hybridized carbons (Fsp3) is 0.286. The van der Waals surface area contributed by atoms with Gasteiger partial charge in [0.2, 0.25) is 0 Å². The maximum atomic E-state index is 12.6. The van der Waals surface area contributed by atoms with Crippen molar-refractivity contribution in [1.29, 1.82) is 0 Å². The van der Waals surface area contributed by atoms with Gasteiger partial charge >= 0.3 is 0 Å². The SMILES string of the molecule is CCc1ccc(C(CNC(=O)c2cnc3ccccn3c2=O)N(C)C)cc1. The Morgan fingerprint density at radius 3 is 2.59 bits per heavy atom. The minimum atomic E-state index is -0.414. The van der Waals surface area contributed by atoms with Gasteiger partial charge < -0.3 is 10.2 Å². The Bertz CT molecular complexity index is 993. The summed E-state index contributed by atoms with van der Waals surface area (Å²) in [5.74, 6) is -0.414. The highest BCUT2D eigenvalue weighted by Gasteiger charge is 2.18. The van der Waals surface area contributed by atoms with E-state index in [0.717, 1.165) is 12.0 Å². The molecule has 3 aromatic rings. The number of aryl methyl sites for hydroxylation is 1. The van der Waals surface area contributed by atoms with Gasteiger partial charge in [-0.3, -0.25) is 14.0 Å². The van der Waals surface area contributed by atoms with Gasteiger partial charge in [-0.25, -0.2) is 4.98 Å². The van der Waals surface area contributed by atoms with Crippen LogP contribution in [0.4, 0.5) is 0 Å². The lowest BCUT2D eigenvalue weighted by Crippen LogP contribution is -2.37. The standard InChI is InChI=1S/C21H24N4O2/c1-4-15-8-10-16(11-9-15)18(24(2)3)14-23-20(26)17-13-22-19-7-5-6-12-25(19)21(17)27/h5-13,18H,4,14H2,1-3H3,(H,23,26). The first-order chi connectivity index (χ1) is 13.0. The van der Waals surface area contributed by atoms with E-state index in [2.05, 4.69) is 41.5 Å². The summed E-state index contributed by atoms with van der Waals surface area (Å²) in [7, 11) is 3.94. The lowest BCUT2D eigenvalue weighted by atomic mass is 10.0. The molecule has 140 valence electrons. The van der Waals surface area contributed by atoms with Crippen molar-refractivity contribution in [3.8, 4) is 0 Å². The van der Waals surface area contributed by atoms with E-state index in [4.69, 9.17) is 0 Å². The summed E-state index contributed by atoms with van der Waals surface area (Å²) in [5, 5.41) is 2.88. The molecule has 6 nitrogen and oxygen atoms in total. The lowest BCUT2D eigenvalue weighted by molar-refractivity contribution is 0.0940. The smallest absolute Gasteiger partial charge is 0.270 e. The molecule has 1 unspecified atom stereocenters. The normalized spacial score (nSPS) is 12.3. The second-order valence-corrected chi connectivity index (χ2v) is 6.69. The second-order valence-electron chi connectivity index (χ2n) is 6.69. The number of pyridine rings is 1. The molecule has 1 atom stereocenters. The summed E-state index contributed by atoms with van der Waals surface area (Å²) in [6.07, 6.45) is 3.94. The van der Waals surface area contributed by atoms with Gasteiger partial charge in [0.15, 0.2) is 0 Å². The van der Waals surface area contributed by atoms with Crippen LogP contribution >= 0.6 is 0 Å². The van der Waals surface area contributed by atoms with Crippen LogP contribution in [0, 0.1) is 0 Å². The zero-order valence-electron chi connectivity index (χ0n) is 15.8. The predicted molar refractivity (Wildman–Crippen MR) is 106 cm³/mol. The Morgan fingerprint density at radius 1 is 1.19 bits per heavy atom. The predicted octanol–water partition coefficient (Wildman–Crippen LogP) is 2.29. The van der Waals surface area contributed by atoms with Crippen molar-refractivity contribution in [3.63, 3.8) is 0 Å². The number of carbonyl (C=O) groups excluding carboxylic acids is 1. The third-order valence-corrected chi connectivity index (χ3v) is 4.71. The van der Waals surface area contributed by atoms with Crippen LogP contribution in [0.5, 0.6) is 0 Å². The number of likely N-dealkylation sites (N-methyl/N-ethyl adjacent to an activating group) is 1. The molecule has 0 aliphatic heterocycles. The zero-order valence-corrected chi connectivity index (χ0v) is 15.8. The first-order valence-corrected chi connectivity index (χ1v) is 9.01. The number of rotatable bonds is 6. The van der Waals surface area contributed by atoms with Crippen molar-refractivity contribution in [2.75, 3.05) is 20.6 Å². The molecule has 0 aliphatic carbocycles. The van der Waals surface area contributed by atoms with E-state index in [1.54, 1.807) is 24.4 Å². The quantitative estimate of drug-likeness (QED) is 0.729. The molecule has 1 N–H and O–H groups in total. The monoisotopic (exact) mass is 364 g/mol. The molecule has 0 saturated heterocycles. The van der Waals surface area contributed by atoms with Crippen molar-refractivity contribution >= 4 is 11.6 Å². The Balaban J connectivity index is 1.78. The molecule has 1 aromatic carbocycles. The molecule has 6 heteroatoms. The number of hydrogen-bond donors (Lipinski definition) is 1.